The Labute approximate surface area is 202 Å². The van der Waals surface area contributed by atoms with Crippen molar-refractivity contribution < 1.29 is 14.3 Å². The zero-order valence-electron chi connectivity index (χ0n) is 17.0. The number of halogens is 2. The van der Waals surface area contributed by atoms with E-state index in [-0.39, 0.29) is 17.9 Å². The molecule has 1 amide bonds. The fourth-order valence-electron chi connectivity index (χ4n) is 5.28. The van der Waals surface area contributed by atoms with Gasteiger partial charge in [0, 0.05) is 20.8 Å². The average molecular weight is 553 g/mol. The van der Waals surface area contributed by atoms with Gasteiger partial charge >= 0.3 is 0 Å². The lowest BCUT2D eigenvalue weighted by Gasteiger charge is -2.38. The van der Waals surface area contributed by atoms with Crippen molar-refractivity contribution in [3.05, 3.63) is 92.4 Å². The van der Waals surface area contributed by atoms with E-state index in [2.05, 4.69) is 61.5 Å². The van der Waals surface area contributed by atoms with Gasteiger partial charge in [-0.1, -0.05) is 64.5 Å². The molecule has 0 spiro atoms. The first-order valence-corrected chi connectivity index (χ1v) is 12.1. The molecule has 4 nitrogen and oxygen atoms in total. The summed E-state index contributed by atoms with van der Waals surface area (Å²) in [5, 5.41) is 3.12. The molecule has 6 heteroatoms. The largest absolute Gasteiger partial charge is 0.486 e. The number of hydrogen-bond acceptors (Lipinski definition) is 3. The smallest absolute Gasteiger partial charge is 0.233 e. The van der Waals surface area contributed by atoms with Gasteiger partial charge in [-0.25, -0.2) is 0 Å². The summed E-state index contributed by atoms with van der Waals surface area (Å²) in [5.41, 5.74) is 3.56. The lowest BCUT2D eigenvalue weighted by molar-refractivity contribution is -0.118. The Morgan fingerprint density at radius 3 is 2.69 bits per heavy atom. The summed E-state index contributed by atoms with van der Waals surface area (Å²) >= 11 is 7.23. The number of para-hydroxylation sites is 2. The van der Waals surface area contributed by atoms with E-state index in [1.54, 1.807) is 0 Å². The van der Waals surface area contributed by atoms with Crippen LogP contribution in [0.1, 0.15) is 29.0 Å². The van der Waals surface area contributed by atoms with Crippen LogP contribution in [0.15, 0.2) is 75.7 Å². The summed E-state index contributed by atoms with van der Waals surface area (Å²) in [4.78, 5) is 13.5. The Bertz CT molecular complexity index is 1290. The standard InChI is InChI=1S/C26H19Br2NO3/c27-16-11-18-23(25(30)29-24(18)20(28)12-16)26(10-9-15-5-1-2-6-19(15)26)13-17-14-31-21-7-3-4-8-22(21)32-17/h1-12,17,23H,13-14H2,(H,29,30). The van der Waals surface area contributed by atoms with E-state index in [4.69, 9.17) is 9.47 Å². The van der Waals surface area contributed by atoms with Crippen molar-refractivity contribution in [3.8, 4) is 11.5 Å². The third-order valence-corrected chi connectivity index (χ3v) is 7.66. The molecule has 2 aliphatic heterocycles. The van der Waals surface area contributed by atoms with Gasteiger partial charge in [-0.2, -0.15) is 0 Å². The number of ether oxygens (including phenoxy) is 2. The summed E-state index contributed by atoms with van der Waals surface area (Å²) in [6, 6.07) is 20.0. The Morgan fingerprint density at radius 2 is 1.81 bits per heavy atom. The fraction of sp³-hybridized carbons (Fsp3) is 0.192. The molecular weight excluding hydrogens is 534 g/mol. The van der Waals surface area contributed by atoms with Gasteiger partial charge in [-0.05, 0) is 56.9 Å². The van der Waals surface area contributed by atoms with Gasteiger partial charge in [-0.15, -0.1) is 0 Å². The van der Waals surface area contributed by atoms with Crippen molar-refractivity contribution in [1.29, 1.82) is 0 Å². The monoisotopic (exact) mass is 551 g/mol. The molecular formula is C26H19Br2NO3. The number of benzene rings is 3. The molecule has 0 saturated carbocycles. The van der Waals surface area contributed by atoms with Crippen LogP contribution in [0.25, 0.3) is 6.08 Å². The number of carbonyl (C=O) groups is 1. The molecule has 0 bridgehead atoms. The zero-order valence-corrected chi connectivity index (χ0v) is 20.1. The van der Waals surface area contributed by atoms with Crippen molar-refractivity contribution in [2.24, 2.45) is 0 Å². The molecule has 3 unspecified atom stereocenters. The van der Waals surface area contributed by atoms with Crippen molar-refractivity contribution >= 4 is 49.5 Å². The first-order valence-electron chi connectivity index (χ1n) is 10.5. The van der Waals surface area contributed by atoms with E-state index in [0.29, 0.717) is 13.0 Å². The number of nitrogens with one attached hydrogen (secondary N) is 1. The number of rotatable bonds is 3. The number of amides is 1. The second-order valence-electron chi connectivity index (χ2n) is 8.44. The molecule has 1 aliphatic carbocycles. The summed E-state index contributed by atoms with van der Waals surface area (Å²) in [7, 11) is 0. The van der Waals surface area contributed by atoms with Crippen LogP contribution < -0.4 is 14.8 Å². The van der Waals surface area contributed by atoms with Gasteiger partial charge in [0.25, 0.3) is 0 Å². The lowest BCUT2D eigenvalue weighted by Crippen LogP contribution is -2.42. The molecule has 160 valence electrons. The van der Waals surface area contributed by atoms with E-state index >= 15 is 0 Å². The summed E-state index contributed by atoms with van der Waals surface area (Å²) in [6.45, 7) is 0.443. The number of carbonyl (C=O) groups excluding carboxylic acids is 1. The van der Waals surface area contributed by atoms with Crippen molar-refractivity contribution in [2.45, 2.75) is 23.9 Å². The van der Waals surface area contributed by atoms with Crippen LogP contribution in [-0.2, 0) is 10.2 Å². The van der Waals surface area contributed by atoms with Crippen LogP contribution >= 0.6 is 31.9 Å². The zero-order chi connectivity index (χ0) is 21.9. The van der Waals surface area contributed by atoms with Gasteiger partial charge in [-0.3, -0.25) is 4.79 Å². The molecule has 0 radical (unpaired) electrons. The maximum Gasteiger partial charge on any atom is 0.233 e. The fourth-order valence-corrected chi connectivity index (χ4v) is 6.64. The maximum absolute atomic E-state index is 13.5. The predicted molar refractivity (Wildman–Crippen MR) is 131 cm³/mol. The lowest BCUT2D eigenvalue weighted by atomic mass is 9.66. The van der Waals surface area contributed by atoms with Gasteiger partial charge in [0.05, 0.1) is 11.6 Å². The maximum atomic E-state index is 13.5. The first kappa shape index (κ1) is 20.1. The van der Waals surface area contributed by atoms with Crippen LogP contribution in [0, 0.1) is 0 Å². The van der Waals surface area contributed by atoms with E-state index in [1.165, 1.54) is 0 Å². The van der Waals surface area contributed by atoms with Crippen molar-refractivity contribution in [2.75, 3.05) is 11.9 Å². The highest BCUT2D eigenvalue weighted by molar-refractivity contribution is 9.11. The van der Waals surface area contributed by atoms with Crippen LogP contribution in [0.5, 0.6) is 11.5 Å². The van der Waals surface area contributed by atoms with Crippen molar-refractivity contribution in [1.82, 2.24) is 0 Å². The highest BCUT2D eigenvalue weighted by atomic mass is 79.9. The number of fused-ring (bicyclic) bond motifs is 3. The van der Waals surface area contributed by atoms with Crippen LogP contribution in [0.4, 0.5) is 5.69 Å². The van der Waals surface area contributed by atoms with Gasteiger partial charge in [0.1, 0.15) is 12.7 Å². The molecule has 3 aromatic rings. The Hall–Kier alpha value is -2.57. The van der Waals surface area contributed by atoms with Crippen LogP contribution in [0.2, 0.25) is 0 Å². The Kier molecular flexibility index (Phi) is 4.70. The Balaban J connectivity index is 1.47. The van der Waals surface area contributed by atoms with E-state index < -0.39 is 5.41 Å². The first-order chi connectivity index (χ1) is 15.5. The van der Waals surface area contributed by atoms with Crippen LogP contribution in [-0.4, -0.2) is 18.6 Å². The summed E-state index contributed by atoms with van der Waals surface area (Å²) < 4.78 is 14.2. The minimum Gasteiger partial charge on any atom is -0.486 e. The highest BCUT2D eigenvalue weighted by Gasteiger charge is 2.52. The topological polar surface area (TPSA) is 47.6 Å². The number of anilines is 1. The molecule has 3 aliphatic rings. The molecule has 2 heterocycles. The molecule has 6 rings (SSSR count). The molecule has 1 N–H and O–H groups in total. The third-order valence-electron chi connectivity index (χ3n) is 6.58. The summed E-state index contributed by atoms with van der Waals surface area (Å²) in [6.07, 6.45) is 4.76. The quantitative estimate of drug-likeness (QED) is 0.406. The van der Waals surface area contributed by atoms with E-state index in [0.717, 1.165) is 42.8 Å². The SMILES string of the molecule is O=C1Nc2c(Br)cc(Br)cc2C1C1(CC2COc3ccccc3O2)C=Cc2ccccc21. The third kappa shape index (κ3) is 3.04. The van der Waals surface area contributed by atoms with Gasteiger partial charge in [0.2, 0.25) is 5.91 Å². The van der Waals surface area contributed by atoms with Crippen LogP contribution in [0.3, 0.4) is 0 Å². The van der Waals surface area contributed by atoms with Gasteiger partial charge < -0.3 is 14.8 Å². The number of hydrogen-bond donors (Lipinski definition) is 1. The minimum absolute atomic E-state index is 0.00252. The molecule has 0 saturated heterocycles. The predicted octanol–water partition coefficient (Wildman–Crippen LogP) is 6.44. The van der Waals surface area contributed by atoms with E-state index in [1.807, 2.05) is 48.5 Å². The Morgan fingerprint density at radius 1 is 1.03 bits per heavy atom. The van der Waals surface area contributed by atoms with Gasteiger partial charge in [0.15, 0.2) is 11.5 Å². The normalized spacial score (nSPS) is 24.8. The molecule has 3 aromatic carbocycles. The molecule has 3 atom stereocenters. The number of allylic oxidation sites excluding steroid dienone is 1. The van der Waals surface area contributed by atoms with Crippen molar-refractivity contribution in [3.63, 3.8) is 0 Å². The molecule has 0 aromatic heterocycles. The summed E-state index contributed by atoms with van der Waals surface area (Å²) in [5.74, 6) is 1.12. The van der Waals surface area contributed by atoms with E-state index in [9.17, 15) is 4.79 Å². The highest BCUT2D eigenvalue weighted by Crippen LogP contribution is 2.55. The second kappa shape index (κ2) is 7.49. The minimum atomic E-state index is -0.549. The second-order valence-corrected chi connectivity index (χ2v) is 10.2. The molecule has 0 fully saturated rings. The average Bonchev–Trinajstić information content (AvgIpc) is 3.32. The molecule has 32 heavy (non-hydrogen) atoms.